The van der Waals surface area contributed by atoms with Gasteiger partial charge in [-0.2, -0.15) is 5.10 Å². The Balaban J connectivity index is 1.62. The molecule has 2 heterocycles. The van der Waals surface area contributed by atoms with Crippen LogP contribution in [0.2, 0.25) is 0 Å². The highest BCUT2D eigenvalue weighted by molar-refractivity contribution is 7.15. The number of amides is 1. The summed E-state index contributed by atoms with van der Waals surface area (Å²) < 4.78 is 1.76. The Kier molecular flexibility index (Phi) is 2.62. The van der Waals surface area contributed by atoms with E-state index in [0.29, 0.717) is 11.0 Å². The summed E-state index contributed by atoms with van der Waals surface area (Å²) in [5.41, 5.74) is 1.13. The number of anilines is 1. The van der Waals surface area contributed by atoms with Crippen molar-refractivity contribution >= 4 is 22.4 Å². The lowest BCUT2D eigenvalue weighted by Crippen LogP contribution is -2.14. The van der Waals surface area contributed by atoms with E-state index in [1.165, 1.54) is 11.3 Å². The molecule has 7 heteroatoms. The summed E-state index contributed by atoms with van der Waals surface area (Å²) in [6.45, 7) is 1.86. The molecule has 1 N–H and O–H groups in total. The van der Waals surface area contributed by atoms with Crippen LogP contribution < -0.4 is 5.32 Å². The van der Waals surface area contributed by atoms with Gasteiger partial charge in [0.2, 0.25) is 11.0 Å². The molecule has 0 radical (unpaired) electrons. The highest BCUT2D eigenvalue weighted by atomic mass is 32.1. The van der Waals surface area contributed by atoms with Gasteiger partial charge in [0.25, 0.3) is 0 Å². The van der Waals surface area contributed by atoms with Crippen molar-refractivity contribution in [3.05, 3.63) is 23.0 Å². The van der Waals surface area contributed by atoms with Gasteiger partial charge in [-0.05, 0) is 24.8 Å². The summed E-state index contributed by atoms with van der Waals surface area (Å²) in [4.78, 5) is 12.0. The minimum absolute atomic E-state index is 0.0278. The highest BCUT2D eigenvalue weighted by Gasteiger charge is 2.44. The lowest BCUT2D eigenvalue weighted by Gasteiger charge is -1.98. The van der Waals surface area contributed by atoms with Crippen molar-refractivity contribution in [2.75, 3.05) is 5.32 Å². The fourth-order valence-electron chi connectivity index (χ4n) is 2.03. The van der Waals surface area contributed by atoms with Crippen LogP contribution in [0.25, 0.3) is 0 Å². The van der Waals surface area contributed by atoms with E-state index in [1.807, 2.05) is 26.4 Å². The van der Waals surface area contributed by atoms with Crippen molar-refractivity contribution in [2.45, 2.75) is 19.3 Å². The molecule has 0 aliphatic heterocycles. The van der Waals surface area contributed by atoms with E-state index < -0.39 is 0 Å². The van der Waals surface area contributed by atoms with Crippen molar-refractivity contribution < 1.29 is 4.79 Å². The molecule has 0 aromatic carbocycles. The summed E-state index contributed by atoms with van der Waals surface area (Å²) in [5.74, 6) is 0.367. The van der Waals surface area contributed by atoms with Crippen LogP contribution in [0.3, 0.4) is 0 Å². The van der Waals surface area contributed by atoms with E-state index in [1.54, 1.807) is 4.68 Å². The molecule has 6 nitrogen and oxygen atoms in total. The van der Waals surface area contributed by atoms with Crippen LogP contribution >= 0.6 is 11.3 Å². The summed E-state index contributed by atoms with van der Waals surface area (Å²) in [6, 6.07) is 0. The third-order valence-corrected chi connectivity index (χ3v) is 3.79. The lowest BCUT2D eigenvalue weighted by molar-refractivity contribution is -0.117. The van der Waals surface area contributed by atoms with Gasteiger partial charge in [-0.3, -0.25) is 9.48 Å². The molecule has 0 saturated heterocycles. The molecule has 1 aliphatic rings. The Morgan fingerprint density at radius 1 is 1.56 bits per heavy atom. The molecular weight excluding hydrogens is 250 g/mol. The van der Waals surface area contributed by atoms with Crippen LogP contribution in [0, 0.1) is 12.8 Å². The number of aryl methyl sites for hydroxylation is 2. The monoisotopic (exact) mass is 263 g/mol. The van der Waals surface area contributed by atoms with Gasteiger partial charge in [0.05, 0.1) is 6.20 Å². The molecule has 1 saturated carbocycles. The molecule has 0 spiro atoms. The van der Waals surface area contributed by atoms with E-state index in [4.69, 9.17) is 0 Å². The van der Waals surface area contributed by atoms with Gasteiger partial charge in [0.15, 0.2) is 0 Å². The van der Waals surface area contributed by atoms with Crippen molar-refractivity contribution in [2.24, 2.45) is 13.0 Å². The van der Waals surface area contributed by atoms with E-state index >= 15 is 0 Å². The third kappa shape index (κ3) is 2.13. The largest absolute Gasteiger partial charge is 0.300 e. The van der Waals surface area contributed by atoms with Gasteiger partial charge in [-0.25, -0.2) is 0 Å². The Bertz CT molecular complexity index is 590. The summed E-state index contributed by atoms with van der Waals surface area (Å²) in [5, 5.41) is 16.1. The smallest absolute Gasteiger partial charge is 0.229 e. The zero-order chi connectivity index (χ0) is 12.7. The SMILES string of the molecule is Cc1nnc(NC(=O)C2CC2c2cnn(C)c2)s1. The second kappa shape index (κ2) is 4.16. The van der Waals surface area contributed by atoms with E-state index in [0.717, 1.165) is 17.0 Å². The number of rotatable bonds is 3. The minimum atomic E-state index is 0.0278. The first-order valence-electron chi connectivity index (χ1n) is 5.73. The molecule has 94 valence electrons. The predicted molar refractivity (Wildman–Crippen MR) is 67.3 cm³/mol. The van der Waals surface area contributed by atoms with Crippen LogP contribution in [-0.4, -0.2) is 25.9 Å². The van der Waals surface area contributed by atoms with E-state index in [9.17, 15) is 4.79 Å². The lowest BCUT2D eigenvalue weighted by atomic mass is 10.2. The van der Waals surface area contributed by atoms with Gasteiger partial charge < -0.3 is 5.32 Å². The van der Waals surface area contributed by atoms with Crippen molar-refractivity contribution in [3.63, 3.8) is 0 Å². The molecule has 1 fully saturated rings. The number of nitrogens with one attached hydrogen (secondary N) is 1. The molecule has 1 amide bonds. The van der Waals surface area contributed by atoms with E-state index in [-0.39, 0.29) is 11.8 Å². The zero-order valence-corrected chi connectivity index (χ0v) is 10.9. The molecule has 1 aliphatic carbocycles. The second-order valence-electron chi connectivity index (χ2n) is 4.51. The van der Waals surface area contributed by atoms with Gasteiger partial charge in [-0.1, -0.05) is 11.3 Å². The van der Waals surface area contributed by atoms with Crippen molar-refractivity contribution in [1.82, 2.24) is 20.0 Å². The van der Waals surface area contributed by atoms with Crippen molar-refractivity contribution in [3.8, 4) is 0 Å². The minimum Gasteiger partial charge on any atom is -0.300 e. The maximum Gasteiger partial charge on any atom is 0.229 e. The number of carbonyl (C=O) groups is 1. The first kappa shape index (κ1) is 11.3. The number of aromatic nitrogens is 4. The quantitative estimate of drug-likeness (QED) is 0.906. The summed E-state index contributed by atoms with van der Waals surface area (Å²) >= 11 is 1.39. The summed E-state index contributed by atoms with van der Waals surface area (Å²) in [7, 11) is 1.88. The average molecular weight is 263 g/mol. The van der Waals surface area contributed by atoms with Crippen LogP contribution in [-0.2, 0) is 11.8 Å². The maximum atomic E-state index is 12.0. The standard InChI is InChI=1S/C11H13N5OS/c1-6-14-15-11(18-6)13-10(17)9-3-8(9)7-4-12-16(2)5-7/h4-5,8-9H,3H2,1-2H3,(H,13,15,17). The molecule has 2 atom stereocenters. The maximum absolute atomic E-state index is 12.0. The Hall–Kier alpha value is -1.76. The van der Waals surface area contributed by atoms with Gasteiger partial charge >= 0.3 is 0 Å². The van der Waals surface area contributed by atoms with Gasteiger partial charge in [0.1, 0.15) is 5.01 Å². The molecule has 0 bridgehead atoms. The van der Waals surface area contributed by atoms with Crippen LogP contribution in [0.4, 0.5) is 5.13 Å². The first-order chi connectivity index (χ1) is 8.63. The Morgan fingerprint density at radius 2 is 2.39 bits per heavy atom. The Morgan fingerprint density at radius 3 is 3.00 bits per heavy atom. The highest BCUT2D eigenvalue weighted by Crippen LogP contribution is 2.47. The second-order valence-corrected chi connectivity index (χ2v) is 5.69. The number of hydrogen-bond acceptors (Lipinski definition) is 5. The fourth-order valence-corrected chi connectivity index (χ4v) is 2.62. The fraction of sp³-hybridized carbons (Fsp3) is 0.455. The van der Waals surface area contributed by atoms with Gasteiger partial charge in [-0.15, -0.1) is 10.2 Å². The zero-order valence-electron chi connectivity index (χ0n) is 10.1. The molecular formula is C11H13N5OS. The molecule has 2 aromatic heterocycles. The topological polar surface area (TPSA) is 72.7 Å². The number of hydrogen-bond donors (Lipinski definition) is 1. The van der Waals surface area contributed by atoms with Crippen LogP contribution in [0.1, 0.15) is 22.9 Å². The molecule has 2 unspecified atom stereocenters. The normalized spacial score (nSPS) is 21.9. The molecule has 2 aromatic rings. The number of nitrogens with zero attached hydrogens (tertiary/aromatic N) is 4. The third-order valence-electron chi connectivity index (χ3n) is 3.04. The van der Waals surface area contributed by atoms with Crippen LogP contribution in [0.5, 0.6) is 0 Å². The van der Waals surface area contributed by atoms with Crippen LogP contribution in [0.15, 0.2) is 12.4 Å². The average Bonchev–Trinajstić information content (AvgIpc) is 2.86. The number of carbonyl (C=O) groups excluding carboxylic acids is 1. The van der Waals surface area contributed by atoms with Crippen molar-refractivity contribution in [1.29, 1.82) is 0 Å². The van der Waals surface area contributed by atoms with E-state index in [2.05, 4.69) is 20.6 Å². The first-order valence-corrected chi connectivity index (χ1v) is 6.54. The van der Waals surface area contributed by atoms with Gasteiger partial charge in [0, 0.05) is 19.2 Å². The predicted octanol–water partition coefficient (Wildman–Crippen LogP) is 1.32. The summed E-state index contributed by atoms with van der Waals surface area (Å²) in [6.07, 6.45) is 4.68. The molecule has 3 rings (SSSR count). The Labute approximate surface area is 108 Å². The molecule has 18 heavy (non-hydrogen) atoms.